The molecule has 0 aliphatic carbocycles. The lowest BCUT2D eigenvalue weighted by Crippen LogP contribution is -2.47. The highest BCUT2D eigenvalue weighted by Gasteiger charge is 2.38. The summed E-state index contributed by atoms with van der Waals surface area (Å²) in [7, 11) is 1.63. The number of hydrogen-bond donors (Lipinski definition) is 0. The number of nitrogens with zero attached hydrogens (tertiary/aromatic N) is 2. The summed E-state index contributed by atoms with van der Waals surface area (Å²) in [4.78, 5) is 16.3. The van der Waals surface area contributed by atoms with Crippen molar-refractivity contribution in [1.82, 2.24) is 9.80 Å². The number of ether oxygens (including phenoxy) is 1. The van der Waals surface area contributed by atoms with E-state index in [2.05, 4.69) is 4.90 Å². The van der Waals surface area contributed by atoms with Crippen molar-refractivity contribution in [3.63, 3.8) is 0 Å². The van der Waals surface area contributed by atoms with E-state index in [1.54, 1.807) is 12.0 Å². The molecule has 2 atom stereocenters. The second kappa shape index (κ2) is 7.86. The van der Waals surface area contributed by atoms with Crippen molar-refractivity contribution in [2.24, 2.45) is 5.92 Å². The standard InChI is InChI=1S/C19H25F3N2O2/c1-26-17-6-3-14(4-7-17)10-23-11-15-2-5-16(13-23)24(12-15)18(25)8-9-19(20,21)22/h3-4,6-7,15-16H,2,5,8-13H2,1H3/t15-,16+/m0/s1. The lowest BCUT2D eigenvalue weighted by atomic mass is 9.94. The van der Waals surface area contributed by atoms with Crippen LogP contribution in [0.15, 0.2) is 24.3 Å². The third-order valence-corrected chi connectivity index (χ3v) is 5.30. The summed E-state index contributed by atoms with van der Waals surface area (Å²) in [6.45, 7) is 2.97. The van der Waals surface area contributed by atoms with Crippen LogP contribution in [0.5, 0.6) is 5.75 Å². The van der Waals surface area contributed by atoms with E-state index in [4.69, 9.17) is 4.74 Å². The van der Waals surface area contributed by atoms with Crippen molar-refractivity contribution in [3.05, 3.63) is 29.8 Å². The number of amides is 1. The molecule has 0 unspecified atom stereocenters. The molecule has 3 aliphatic rings. The maximum absolute atomic E-state index is 12.4. The third-order valence-electron chi connectivity index (χ3n) is 5.30. The number of methoxy groups -OCH3 is 1. The Morgan fingerprint density at radius 1 is 1.15 bits per heavy atom. The highest BCUT2D eigenvalue weighted by Crippen LogP contribution is 2.30. The first-order valence-electron chi connectivity index (χ1n) is 9.05. The van der Waals surface area contributed by atoms with Crippen LogP contribution in [-0.2, 0) is 11.3 Å². The molecule has 1 amide bonds. The molecule has 26 heavy (non-hydrogen) atoms. The molecule has 4 nitrogen and oxygen atoms in total. The second-order valence-corrected chi connectivity index (χ2v) is 7.30. The molecule has 1 aromatic rings. The van der Waals surface area contributed by atoms with Gasteiger partial charge < -0.3 is 9.64 Å². The van der Waals surface area contributed by atoms with Crippen molar-refractivity contribution in [3.8, 4) is 5.75 Å². The molecule has 144 valence electrons. The van der Waals surface area contributed by atoms with Gasteiger partial charge in [0, 0.05) is 38.6 Å². The van der Waals surface area contributed by atoms with Crippen LogP contribution in [0.2, 0.25) is 0 Å². The minimum absolute atomic E-state index is 0.0210. The second-order valence-electron chi connectivity index (χ2n) is 7.30. The molecular formula is C19H25F3N2O2. The van der Waals surface area contributed by atoms with E-state index in [1.807, 2.05) is 24.3 Å². The highest BCUT2D eigenvalue weighted by atomic mass is 19.4. The summed E-state index contributed by atoms with van der Waals surface area (Å²) in [5.41, 5.74) is 1.17. The lowest BCUT2D eigenvalue weighted by molar-refractivity contribution is -0.151. The molecule has 3 aliphatic heterocycles. The van der Waals surface area contributed by atoms with Gasteiger partial charge >= 0.3 is 6.18 Å². The Balaban J connectivity index is 1.61. The summed E-state index contributed by atoms with van der Waals surface area (Å²) in [5.74, 6) is 0.788. The normalized spacial score (nSPS) is 23.8. The molecule has 7 heteroatoms. The zero-order valence-electron chi connectivity index (χ0n) is 15.0. The molecule has 4 rings (SSSR count). The number of fused-ring (bicyclic) bond motifs is 4. The Kier molecular flexibility index (Phi) is 5.75. The Morgan fingerprint density at radius 2 is 1.88 bits per heavy atom. The van der Waals surface area contributed by atoms with E-state index < -0.39 is 19.0 Å². The summed E-state index contributed by atoms with van der Waals surface area (Å²) in [6.07, 6.45) is -3.84. The van der Waals surface area contributed by atoms with Crippen LogP contribution in [0.4, 0.5) is 13.2 Å². The molecule has 2 bridgehead atoms. The molecule has 0 radical (unpaired) electrons. The fraction of sp³-hybridized carbons (Fsp3) is 0.632. The van der Waals surface area contributed by atoms with Crippen LogP contribution in [-0.4, -0.2) is 54.7 Å². The van der Waals surface area contributed by atoms with Gasteiger partial charge in [-0.05, 0) is 36.5 Å². The minimum atomic E-state index is -4.28. The number of hydrogen-bond acceptors (Lipinski definition) is 3. The third kappa shape index (κ3) is 4.90. The van der Waals surface area contributed by atoms with Gasteiger partial charge in [-0.2, -0.15) is 13.2 Å². The largest absolute Gasteiger partial charge is 0.497 e. The fourth-order valence-corrected chi connectivity index (χ4v) is 4.00. The molecular weight excluding hydrogens is 345 g/mol. The lowest BCUT2D eigenvalue weighted by Gasteiger charge is -2.36. The van der Waals surface area contributed by atoms with Crippen LogP contribution < -0.4 is 4.74 Å². The summed E-state index contributed by atoms with van der Waals surface area (Å²) < 4.78 is 42.4. The number of benzene rings is 1. The highest BCUT2D eigenvalue weighted by molar-refractivity contribution is 5.76. The van der Waals surface area contributed by atoms with Crippen LogP contribution in [0, 0.1) is 5.92 Å². The Labute approximate surface area is 151 Å². The fourth-order valence-electron chi connectivity index (χ4n) is 4.00. The first kappa shape index (κ1) is 19.0. The minimum Gasteiger partial charge on any atom is -0.497 e. The van der Waals surface area contributed by atoms with Gasteiger partial charge in [-0.15, -0.1) is 0 Å². The average molecular weight is 370 g/mol. The SMILES string of the molecule is COc1ccc(CN2C[C@@H]3CC[C@H](C2)N(C(=O)CCC(F)(F)F)C3)cc1. The van der Waals surface area contributed by atoms with E-state index in [0.717, 1.165) is 38.2 Å². The number of carbonyl (C=O) groups excluding carboxylic acids is 1. The molecule has 3 heterocycles. The first-order valence-corrected chi connectivity index (χ1v) is 9.05. The van der Waals surface area contributed by atoms with Gasteiger partial charge in [-0.25, -0.2) is 0 Å². The Hall–Kier alpha value is -1.76. The molecule has 0 saturated carbocycles. The van der Waals surface area contributed by atoms with Crippen molar-refractivity contribution < 1.29 is 22.7 Å². The zero-order chi connectivity index (χ0) is 18.7. The van der Waals surface area contributed by atoms with Gasteiger partial charge in [0.25, 0.3) is 0 Å². The number of rotatable bonds is 5. The number of piperidine rings is 1. The molecule has 1 aromatic carbocycles. The topological polar surface area (TPSA) is 32.8 Å². The quantitative estimate of drug-likeness (QED) is 0.796. The van der Waals surface area contributed by atoms with E-state index in [9.17, 15) is 18.0 Å². The average Bonchev–Trinajstić information content (AvgIpc) is 2.90. The summed E-state index contributed by atoms with van der Waals surface area (Å²) >= 11 is 0. The van der Waals surface area contributed by atoms with Crippen molar-refractivity contribution in [2.45, 2.75) is 44.4 Å². The molecule has 0 N–H and O–H groups in total. The van der Waals surface area contributed by atoms with E-state index >= 15 is 0 Å². The summed E-state index contributed by atoms with van der Waals surface area (Å²) in [5, 5.41) is 0. The zero-order valence-corrected chi connectivity index (χ0v) is 15.0. The molecule has 0 aromatic heterocycles. The Bertz CT molecular complexity index is 618. The number of carbonyl (C=O) groups is 1. The summed E-state index contributed by atoms with van der Waals surface area (Å²) in [6, 6.07) is 7.92. The van der Waals surface area contributed by atoms with Gasteiger partial charge in [0.15, 0.2) is 0 Å². The predicted molar refractivity (Wildman–Crippen MR) is 91.8 cm³/mol. The van der Waals surface area contributed by atoms with E-state index in [-0.39, 0.29) is 11.9 Å². The monoisotopic (exact) mass is 370 g/mol. The number of alkyl halides is 3. The molecule has 3 saturated heterocycles. The maximum atomic E-state index is 12.4. The molecule has 3 fully saturated rings. The Morgan fingerprint density at radius 3 is 2.54 bits per heavy atom. The van der Waals surface area contributed by atoms with Gasteiger partial charge in [0.05, 0.1) is 13.5 Å². The maximum Gasteiger partial charge on any atom is 0.389 e. The van der Waals surface area contributed by atoms with Gasteiger partial charge in [-0.3, -0.25) is 9.69 Å². The van der Waals surface area contributed by atoms with E-state index in [1.165, 1.54) is 5.56 Å². The van der Waals surface area contributed by atoms with Crippen LogP contribution in [0.1, 0.15) is 31.2 Å². The van der Waals surface area contributed by atoms with Gasteiger partial charge in [0.2, 0.25) is 5.91 Å². The van der Waals surface area contributed by atoms with Crippen molar-refractivity contribution in [2.75, 3.05) is 26.7 Å². The van der Waals surface area contributed by atoms with Crippen molar-refractivity contribution in [1.29, 1.82) is 0 Å². The van der Waals surface area contributed by atoms with Crippen molar-refractivity contribution >= 4 is 5.91 Å². The van der Waals surface area contributed by atoms with Crippen LogP contribution in [0.25, 0.3) is 0 Å². The van der Waals surface area contributed by atoms with Gasteiger partial charge in [0.1, 0.15) is 5.75 Å². The van der Waals surface area contributed by atoms with E-state index in [0.29, 0.717) is 12.5 Å². The van der Waals surface area contributed by atoms with Crippen LogP contribution in [0.3, 0.4) is 0 Å². The predicted octanol–water partition coefficient (Wildman–Crippen LogP) is 3.46. The van der Waals surface area contributed by atoms with Crippen LogP contribution >= 0.6 is 0 Å². The first-order chi connectivity index (χ1) is 12.3. The van der Waals surface area contributed by atoms with Gasteiger partial charge in [-0.1, -0.05) is 12.1 Å². The number of halogens is 3. The smallest absolute Gasteiger partial charge is 0.389 e. The molecule has 0 spiro atoms.